The Morgan fingerprint density at radius 1 is 1.33 bits per heavy atom. The SMILES string of the molecule is CCc1cc(C(=O)NCCN2CCOCC2)nc2cc(-c3cccs3)nn12. The number of morpholine rings is 1. The van der Waals surface area contributed by atoms with E-state index in [9.17, 15) is 4.79 Å². The zero-order valence-electron chi connectivity index (χ0n) is 15.4. The molecule has 1 aliphatic rings. The number of hydrogen-bond acceptors (Lipinski definition) is 6. The molecule has 0 aliphatic carbocycles. The maximum atomic E-state index is 12.6. The highest BCUT2D eigenvalue weighted by Gasteiger charge is 2.15. The number of nitrogens with zero attached hydrogens (tertiary/aromatic N) is 4. The molecule has 0 bridgehead atoms. The topological polar surface area (TPSA) is 71.8 Å². The Kier molecular flexibility index (Phi) is 5.47. The van der Waals surface area contributed by atoms with Crippen LogP contribution in [0.2, 0.25) is 0 Å². The van der Waals surface area contributed by atoms with Gasteiger partial charge >= 0.3 is 0 Å². The molecule has 1 saturated heterocycles. The average Bonchev–Trinajstić information content (AvgIpc) is 3.37. The summed E-state index contributed by atoms with van der Waals surface area (Å²) in [5.41, 5.74) is 3.01. The van der Waals surface area contributed by atoms with E-state index in [1.54, 1.807) is 11.3 Å². The van der Waals surface area contributed by atoms with Crippen LogP contribution in [-0.4, -0.2) is 64.8 Å². The number of rotatable bonds is 6. The van der Waals surface area contributed by atoms with Crippen molar-refractivity contribution in [1.82, 2.24) is 24.8 Å². The maximum absolute atomic E-state index is 12.6. The molecule has 0 saturated carbocycles. The molecule has 7 nitrogen and oxygen atoms in total. The van der Waals surface area contributed by atoms with Crippen molar-refractivity contribution >= 4 is 22.9 Å². The van der Waals surface area contributed by atoms with Crippen LogP contribution in [0.5, 0.6) is 0 Å². The summed E-state index contributed by atoms with van der Waals surface area (Å²) in [4.78, 5) is 20.5. The molecule has 0 aromatic carbocycles. The number of ether oxygens (including phenoxy) is 1. The number of aryl methyl sites for hydroxylation is 1. The Morgan fingerprint density at radius 3 is 2.93 bits per heavy atom. The van der Waals surface area contributed by atoms with Crippen LogP contribution in [0.4, 0.5) is 0 Å². The molecule has 0 radical (unpaired) electrons. The van der Waals surface area contributed by atoms with Crippen molar-refractivity contribution < 1.29 is 9.53 Å². The minimum Gasteiger partial charge on any atom is -0.379 e. The number of thiophene rings is 1. The summed E-state index contributed by atoms with van der Waals surface area (Å²) in [7, 11) is 0. The number of fused-ring (bicyclic) bond motifs is 1. The quantitative estimate of drug-likeness (QED) is 0.703. The first-order valence-corrected chi connectivity index (χ1v) is 10.1. The van der Waals surface area contributed by atoms with E-state index in [1.807, 2.05) is 34.2 Å². The molecule has 1 amide bonds. The smallest absolute Gasteiger partial charge is 0.270 e. The third kappa shape index (κ3) is 4.02. The van der Waals surface area contributed by atoms with Gasteiger partial charge in [0.1, 0.15) is 11.4 Å². The van der Waals surface area contributed by atoms with Crippen LogP contribution in [0.3, 0.4) is 0 Å². The molecule has 3 aromatic heterocycles. The molecular formula is C19H23N5O2S. The van der Waals surface area contributed by atoms with Gasteiger partial charge < -0.3 is 10.1 Å². The van der Waals surface area contributed by atoms with E-state index in [0.29, 0.717) is 17.9 Å². The van der Waals surface area contributed by atoms with Gasteiger partial charge in [0.2, 0.25) is 0 Å². The molecular weight excluding hydrogens is 362 g/mol. The van der Waals surface area contributed by atoms with E-state index in [0.717, 1.165) is 55.5 Å². The van der Waals surface area contributed by atoms with Crippen molar-refractivity contribution in [2.24, 2.45) is 0 Å². The molecule has 0 unspecified atom stereocenters. The average molecular weight is 385 g/mol. The lowest BCUT2D eigenvalue weighted by Gasteiger charge is -2.26. The van der Waals surface area contributed by atoms with Gasteiger partial charge in [-0.05, 0) is 23.9 Å². The first-order chi connectivity index (χ1) is 13.2. The van der Waals surface area contributed by atoms with Gasteiger partial charge in [-0.25, -0.2) is 9.50 Å². The highest BCUT2D eigenvalue weighted by Crippen LogP contribution is 2.24. The summed E-state index contributed by atoms with van der Waals surface area (Å²) < 4.78 is 7.18. The molecule has 4 heterocycles. The summed E-state index contributed by atoms with van der Waals surface area (Å²) in [5, 5.41) is 9.68. The van der Waals surface area contributed by atoms with Crippen molar-refractivity contribution in [1.29, 1.82) is 0 Å². The lowest BCUT2D eigenvalue weighted by Crippen LogP contribution is -2.41. The molecule has 1 aliphatic heterocycles. The highest BCUT2D eigenvalue weighted by atomic mass is 32.1. The predicted molar refractivity (Wildman–Crippen MR) is 105 cm³/mol. The number of carbonyl (C=O) groups excluding carboxylic acids is 1. The molecule has 0 atom stereocenters. The van der Waals surface area contributed by atoms with E-state index in [4.69, 9.17) is 4.74 Å². The molecule has 0 spiro atoms. The minimum absolute atomic E-state index is 0.140. The molecule has 4 rings (SSSR count). The van der Waals surface area contributed by atoms with Crippen LogP contribution >= 0.6 is 11.3 Å². The Bertz CT molecular complexity index is 916. The van der Waals surface area contributed by atoms with E-state index in [2.05, 4.69) is 27.2 Å². The van der Waals surface area contributed by atoms with E-state index >= 15 is 0 Å². The lowest BCUT2D eigenvalue weighted by molar-refractivity contribution is 0.0383. The van der Waals surface area contributed by atoms with Gasteiger partial charge in [-0.2, -0.15) is 5.10 Å². The molecule has 3 aromatic rings. The van der Waals surface area contributed by atoms with E-state index in [1.165, 1.54) is 0 Å². The first kappa shape index (κ1) is 18.1. The second kappa shape index (κ2) is 8.16. The summed E-state index contributed by atoms with van der Waals surface area (Å²) in [6.45, 7) is 6.85. The third-order valence-electron chi connectivity index (χ3n) is 4.69. The molecule has 142 valence electrons. The number of hydrogen-bond donors (Lipinski definition) is 1. The number of carbonyl (C=O) groups is 1. The van der Waals surface area contributed by atoms with Crippen LogP contribution in [-0.2, 0) is 11.2 Å². The molecule has 8 heteroatoms. The summed E-state index contributed by atoms with van der Waals surface area (Å²) in [6.07, 6.45) is 0.776. The van der Waals surface area contributed by atoms with Crippen molar-refractivity contribution in [3.63, 3.8) is 0 Å². The van der Waals surface area contributed by atoms with Gasteiger partial charge in [0, 0.05) is 37.9 Å². The van der Waals surface area contributed by atoms with Crippen molar-refractivity contribution in [2.45, 2.75) is 13.3 Å². The third-order valence-corrected chi connectivity index (χ3v) is 5.58. The Hall–Kier alpha value is -2.29. The fourth-order valence-corrected chi connectivity index (χ4v) is 3.87. The van der Waals surface area contributed by atoms with Gasteiger partial charge in [-0.3, -0.25) is 9.69 Å². The number of aromatic nitrogens is 3. The van der Waals surface area contributed by atoms with E-state index < -0.39 is 0 Å². The van der Waals surface area contributed by atoms with Crippen LogP contribution in [0.15, 0.2) is 29.6 Å². The second-order valence-electron chi connectivity index (χ2n) is 6.47. The Labute approximate surface area is 162 Å². The minimum atomic E-state index is -0.140. The van der Waals surface area contributed by atoms with Gasteiger partial charge in [-0.1, -0.05) is 13.0 Å². The largest absolute Gasteiger partial charge is 0.379 e. The summed E-state index contributed by atoms with van der Waals surface area (Å²) in [6, 6.07) is 7.82. The summed E-state index contributed by atoms with van der Waals surface area (Å²) in [5.74, 6) is -0.140. The Balaban J connectivity index is 1.49. The van der Waals surface area contributed by atoms with E-state index in [-0.39, 0.29) is 5.91 Å². The van der Waals surface area contributed by atoms with Gasteiger partial charge in [0.15, 0.2) is 5.65 Å². The second-order valence-corrected chi connectivity index (χ2v) is 7.42. The predicted octanol–water partition coefficient (Wildman–Crippen LogP) is 2.08. The molecule has 1 N–H and O–H groups in total. The normalized spacial score (nSPS) is 15.3. The number of amides is 1. The number of nitrogens with one attached hydrogen (secondary N) is 1. The van der Waals surface area contributed by atoms with Gasteiger partial charge in [0.25, 0.3) is 5.91 Å². The standard InChI is InChI=1S/C19H23N5O2S/c1-2-14-12-16(19(25)20-5-6-23-7-9-26-10-8-23)21-18-13-15(22-24(14)18)17-4-3-11-27-17/h3-4,11-13H,2,5-10H2,1H3,(H,20,25). The highest BCUT2D eigenvalue weighted by molar-refractivity contribution is 7.13. The zero-order chi connectivity index (χ0) is 18.6. The fraction of sp³-hybridized carbons (Fsp3) is 0.421. The Morgan fingerprint density at radius 2 is 2.19 bits per heavy atom. The summed E-state index contributed by atoms with van der Waals surface area (Å²) >= 11 is 1.64. The maximum Gasteiger partial charge on any atom is 0.270 e. The first-order valence-electron chi connectivity index (χ1n) is 9.26. The van der Waals surface area contributed by atoms with Gasteiger partial charge in [0.05, 0.1) is 18.1 Å². The van der Waals surface area contributed by atoms with Gasteiger partial charge in [-0.15, -0.1) is 11.3 Å². The lowest BCUT2D eigenvalue weighted by atomic mass is 10.2. The van der Waals surface area contributed by atoms with Crippen LogP contribution in [0.25, 0.3) is 16.2 Å². The van der Waals surface area contributed by atoms with Crippen molar-refractivity contribution in [3.05, 3.63) is 41.0 Å². The fourth-order valence-electron chi connectivity index (χ4n) is 3.19. The zero-order valence-corrected chi connectivity index (χ0v) is 16.2. The monoisotopic (exact) mass is 385 g/mol. The van der Waals surface area contributed by atoms with Crippen LogP contribution in [0, 0.1) is 0 Å². The molecule has 1 fully saturated rings. The van der Waals surface area contributed by atoms with Crippen LogP contribution in [0.1, 0.15) is 23.1 Å². The molecule has 27 heavy (non-hydrogen) atoms. The van der Waals surface area contributed by atoms with Crippen LogP contribution < -0.4 is 5.32 Å². The van der Waals surface area contributed by atoms with Crippen molar-refractivity contribution in [2.75, 3.05) is 39.4 Å². The van der Waals surface area contributed by atoms with Crippen molar-refractivity contribution in [3.8, 4) is 10.6 Å².